The Bertz CT molecular complexity index is 819. The Kier molecular flexibility index (Phi) is 3.84. The Morgan fingerprint density at radius 3 is 2.55 bits per heavy atom. The summed E-state index contributed by atoms with van der Waals surface area (Å²) in [5.41, 5.74) is 1.96. The average Bonchev–Trinajstić information content (AvgIpc) is 2.91. The third-order valence-corrected chi connectivity index (χ3v) is 3.73. The zero-order valence-corrected chi connectivity index (χ0v) is 12.1. The number of oxazole rings is 1. The van der Waals surface area contributed by atoms with Gasteiger partial charge in [-0.2, -0.15) is 0 Å². The Morgan fingerprint density at radius 1 is 1.14 bits per heavy atom. The second-order valence-corrected chi connectivity index (χ2v) is 5.45. The molecule has 0 unspecified atom stereocenters. The number of hydrogen-bond acceptors (Lipinski definition) is 5. The van der Waals surface area contributed by atoms with E-state index in [1.807, 2.05) is 12.1 Å². The first-order valence-corrected chi connectivity index (χ1v) is 7.21. The van der Waals surface area contributed by atoms with Crippen LogP contribution in [0.5, 0.6) is 5.75 Å². The van der Waals surface area contributed by atoms with E-state index < -0.39 is 5.97 Å². The first-order valence-electron chi connectivity index (χ1n) is 6.39. The van der Waals surface area contributed by atoms with Crippen molar-refractivity contribution < 1.29 is 19.4 Å². The van der Waals surface area contributed by atoms with E-state index in [4.69, 9.17) is 4.42 Å². The van der Waals surface area contributed by atoms with Crippen molar-refractivity contribution in [2.75, 3.05) is 0 Å². The Balaban J connectivity index is 1.91. The molecule has 5 nitrogen and oxygen atoms in total. The number of phenols is 1. The fraction of sp³-hybridized carbons (Fsp3) is 0. The van der Waals surface area contributed by atoms with Crippen LogP contribution in [-0.4, -0.2) is 21.2 Å². The summed E-state index contributed by atoms with van der Waals surface area (Å²) in [6, 6.07) is 13.5. The van der Waals surface area contributed by atoms with Gasteiger partial charge in [0.1, 0.15) is 16.2 Å². The summed E-state index contributed by atoms with van der Waals surface area (Å²) in [6.45, 7) is 0. The number of carboxylic acids is 1. The highest BCUT2D eigenvalue weighted by molar-refractivity contribution is 8.03. The van der Waals surface area contributed by atoms with Crippen LogP contribution in [0.4, 0.5) is 0 Å². The number of aromatic hydroxyl groups is 1. The molecule has 0 aliphatic rings. The maximum absolute atomic E-state index is 11.4. The predicted octanol–water partition coefficient (Wildman–Crippen LogP) is 3.75. The third kappa shape index (κ3) is 3.12. The molecule has 0 saturated heterocycles. The van der Waals surface area contributed by atoms with Crippen molar-refractivity contribution in [2.24, 2.45) is 0 Å². The Morgan fingerprint density at radius 2 is 1.86 bits per heavy atom. The molecule has 0 amide bonds. The van der Waals surface area contributed by atoms with E-state index in [0.717, 1.165) is 11.8 Å². The summed E-state index contributed by atoms with van der Waals surface area (Å²) in [5.74, 6) is -0.944. The number of fused-ring (bicyclic) bond motifs is 1. The topological polar surface area (TPSA) is 83.6 Å². The minimum atomic E-state index is -1.07. The van der Waals surface area contributed by atoms with Crippen molar-refractivity contribution >= 4 is 34.9 Å². The molecule has 110 valence electrons. The number of hydrogen-bond donors (Lipinski definition) is 2. The van der Waals surface area contributed by atoms with Crippen LogP contribution in [0.1, 0.15) is 5.56 Å². The van der Waals surface area contributed by atoms with Gasteiger partial charge in [-0.05, 0) is 47.7 Å². The van der Waals surface area contributed by atoms with Crippen molar-refractivity contribution in [1.29, 1.82) is 0 Å². The normalized spacial score (nSPS) is 11.7. The summed E-state index contributed by atoms with van der Waals surface area (Å²) in [4.78, 5) is 15.7. The maximum atomic E-state index is 11.4. The fourth-order valence-electron chi connectivity index (χ4n) is 1.85. The van der Waals surface area contributed by atoms with Crippen molar-refractivity contribution in [3.05, 3.63) is 59.0 Å². The van der Waals surface area contributed by atoms with Gasteiger partial charge in [0.05, 0.1) is 0 Å². The molecule has 0 radical (unpaired) electrons. The van der Waals surface area contributed by atoms with Gasteiger partial charge in [0.25, 0.3) is 5.22 Å². The van der Waals surface area contributed by atoms with Gasteiger partial charge in [0, 0.05) is 0 Å². The summed E-state index contributed by atoms with van der Waals surface area (Å²) in [7, 11) is 0. The van der Waals surface area contributed by atoms with Crippen molar-refractivity contribution in [3.8, 4) is 5.75 Å². The summed E-state index contributed by atoms with van der Waals surface area (Å²) in [5, 5.41) is 18.8. The molecule has 6 heteroatoms. The Hall–Kier alpha value is -2.73. The van der Waals surface area contributed by atoms with Crippen molar-refractivity contribution in [3.63, 3.8) is 0 Å². The smallest absolute Gasteiger partial charge is 0.342 e. The number of para-hydroxylation sites is 2. The molecule has 22 heavy (non-hydrogen) atoms. The van der Waals surface area contributed by atoms with Crippen molar-refractivity contribution in [1.82, 2.24) is 4.98 Å². The van der Waals surface area contributed by atoms with Gasteiger partial charge in [-0.3, -0.25) is 0 Å². The van der Waals surface area contributed by atoms with Crippen LogP contribution in [0.15, 0.2) is 63.1 Å². The van der Waals surface area contributed by atoms with Crippen LogP contribution in [0, 0.1) is 0 Å². The first-order chi connectivity index (χ1) is 10.6. The molecule has 0 fully saturated rings. The van der Waals surface area contributed by atoms with E-state index in [2.05, 4.69) is 4.98 Å². The lowest BCUT2D eigenvalue weighted by Gasteiger charge is -1.99. The molecule has 1 heterocycles. The zero-order chi connectivity index (χ0) is 15.5. The van der Waals surface area contributed by atoms with Crippen molar-refractivity contribution in [2.45, 2.75) is 5.22 Å². The zero-order valence-electron chi connectivity index (χ0n) is 11.3. The van der Waals surface area contributed by atoms with Crippen LogP contribution in [0.3, 0.4) is 0 Å². The molecule has 3 rings (SSSR count). The molecular formula is C16H11NO4S. The van der Waals surface area contributed by atoms with Crippen LogP contribution in [-0.2, 0) is 4.79 Å². The number of phenolic OH excluding ortho intramolecular Hbond substituents is 1. The quantitative estimate of drug-likeness (QED) is 0.564. The number of benzene rings is 2. The third-order valence-electron chi connectivity index (χ3n) is 2.87. The molecule has 0 saturated carbocycles. The highest BCUT2D eigenvalue weighted by Crippen LogP contribution is 2.30. The predicted molar refractivity (Wildman–Crippen MR) is 83.6 cm³/mol. The largest absolute Gasteiger partial charge is 0.508 e. The number of carboxylic acid groups (broad SMARTS) is 1. The van der Waals surface area contributed by atoms with Crippen LogP contribution in [0.2, 0.25) is 0 Å². The van der Waals surface area contributed by atoms with E-state index in [0.29, 0.717) is 16.7 Å². The number of thioether (sulfide) groups is 1. The van der Waals surface area contributed by atoms with E-state index in [9.17, 15) is 15.0 Å². The average molecular weight is 313 g/mol. The highest BCUT2D eigenvalue weighted by Gasteiger charge is 2.14. The van der Waals surface area contributed by atoms with E-state index in [1.165, 1.54) is 18.2 Å². The number of nitrogens with zero attached hydrogens (tertiary/aromatic N) is 1. The molecule has 0 spiro atoms. The van der Waals surface area contributed by atoms with Gasteiger partial charge in [-0.25, -0.2) is 9.78 Å². The van der Waals surface area contributed by atoms with Gasteiger partial charge in [-0.15, -0.1) is 0 Å². The second-order valence-electron chi connectivity index (χ2n) is 4.45. The van der Waals surface area contributed by atoms with Gasteiger partial charge < -0.3 is 14.6 Å². The van der Waals surface area contributed by atoms with E-state index in [-0.39, 0.29) is 15.9 Å². The fourth-order valence-corrected chi connectivity index (χ4v) is 2.59. The minimum absolute atomic E-state index is 0.0808. The second kappa shape index (κ2) is 5.95. The molecular weight excluding hydrogens is 302 g/mol. The monoisotopic (exact) mass is 313 g/mol. The van der Waals surface area contributed by atoms with Gasteiger partial charge in [-0.1, -0.05) is 24.3 Å². The Labute approximate surface area is 129 Å². The lowest BCUT2D eigenvalue weighted by Crippen LogP contribution is -1.96. The van der Waals surface area contributed by atoms with Crippen LogP contribution < -0.4 is 0 Å². The molecule has 0 aliphatic heterocycles. The molecule has 0 aliphatic carbocycles. The van der Waals surface area contributed by atoms with Crippen LogP contribution in [0.25, 0.3) is 17.2 Å². The molecule has 2 N–H and O–H groups in total. The SMILES string of the molecule is O=C(O)/C(=C\c1ccc(O)cc1)Sc1nc2ccccc2o1. The summed E-state index contributed by atoms with van der Waals surface area (Å²) in [6.07, 6.45) is 1.50. The molecule has 3 aromatic rings. The minimum Gasteiger partial charge on any atom is -0.508 e. The molecule has 0 bridgehead atoms. The summed E-state index contributed by atoms with van der Waals surface area (Å²) >= 11 is 0.943. The first kappa shape index (κ1) is 14.2. The molecule has 2 aromatic carbocycles. The highest BCUT2D eigenvalue weighted by atomic mass is 32.2. The van der Waals surface area contributed by atoms with Gasteiger partial charge >= 0.3 is 5.97 Å². The number of aromatic nitrogens is 1. The van der Waals surface area contributed by atoms with E-state index >= 15 is 0 Å². The number of aliphatic carboxylic acids is 1. The summed E-state index contributed by atoms with van der Waals surface area (Å²) < 4.78 is 5.51. The molecule has 0 atom stereocenters. The van der Waals surface area contributed by atoms with E-state index in [1.54, 1.807) is 24.3 Å². The van der Waals surface area contributed by atoms with Gasteiger partial charge in [0.2, 0.25) is 0 Å². The lowest BCUT2D eigenvalue weighted by atomic mass is 10.2. The maximum Gasteiger partial charge on any atom is 0.342 e. The van der Waals surface area contributed by atoms with Crippen LogP contribution >= 0.6 is 11.8 Å². The number of carbonyl (C=O) groups is 1. The standard InChI is InChI=1S/C16H11NO4S/c18-11-7-5-10(6-8-11)9-14(15(19)20)22-16-17-12-3-1-2-4-13(12)21-16/h1-9,18H,(H,19,20)/b14-9+. The van der Waals surface area contributed by atoms with Gasteiger partial charge in [0.15, 0.2) is 5.58 Å². The number of rotatable bonds is 4. The molecule has 1 aromatic heterocycles. The lowest BCUT2D eigenvalue weighted by molar-refractivity contribution is -0.131.